The van der Waals surface area contributed by atoms with Crippen LogP contribution in [-0.4, -0.2) is 34.7 Å². The fourth-order valence-electron chi connectivity index (χ4n) is 4.29. The van der Waals surface area contributed by atoms with Gasteiger partial charge in [0.1, 0.15) is 0 Å². The van der Waals surface area contributed by atoms with Crippen molar-refractivity contribution in [2.45, 2.75) is 89.8 Å². The number of likely N-dealkylation sites (tertiary alicyclic amines) is 1. The maximum absolute atomic E-state index is 10.4. The number of rotatable bonds is 6. The lowest BCUT2D eigenvalue weighted by molar-refractivity contribution is 0.0211. The lowest BCUT2D eigenvalue weighted by atomic mass is 9.93. The van der Waals surface area contributed by atoms with Crippen LogP contribution in [0.5, 0.6) is 0 Å². The molecule has 106 valence electrons. The minimum Gasteiger partial charge on any atom is -0.391 e. The van der Waals surface area contributed by atoms with Crippen LogP contribution in [0.2, 0.25) is 0 Å². The third kappa shape index (κ3) is 3.08. The van der Waals surface area contributed by atoms with E-state index in [1.54, 1.807) is 0 Å². The second-order valence-electron chi connectivity index (χ2n) is 6.32. The van der Waals surface area contributed by atoms with Gasteiger partial charge in [0.25, 0.3) is 0 Å². The second kappa shape index (κ2) is 6.91. The summed E-state index contributed by atoms with van der Waals surface area (Å²) < 4.78 is 0. The van der Waals surface area contributed by atoms with Crippen LogP contribution in [0.3, 0.4) is 0 Å². The first-order chi connectivity index (χ1) is 8.77. The zero-order chi connectivity index (χ0) is 13.0. The SMILES string of the molecule is CCCC(O)C(CC)N1CCCC1C1CCCC1. The van der Waals surface area contributed by atoms with Crippen molar-refractivity contribution >= 4 is 0 Å². The van der Waals surface area contributed by atoms with Crippen LogP contribution in [0.1, 0.15) is 71.6 Å². The maximum atomic E-state index is 10.4. The standard InChI is InChI=1S/C16H31NO/c1-3-8-16(18)14(4-2)17-12-7-11-15(17)13-9-5-6-10-13/h13-16,18H,3-12H2,1-2H3. The summed E-state index contributed by atoms with van der Waals surface area (Å²) in [6.45, 7) is 5.64. The van der Waals surface area contributed by atoms with E-state index in [1.807, 2.05) is 0 Å². The summed E-state index contributed by atoms with van der Waals surface area (Å²) in [7, 11) is 0. The molecule has 1 N–H and O–H groups in total. The predicted octanol–water partition coefficient (Wildman–Crippen LogP) is 3.58. The molecule has 1 saturated heterocycles. The Bertz CT molecular complexity index is 237. The van der Waals surface area contributed by atoms with Crippen molar-refractivity contribution < 1.29 is 5.11 Å². The molecular weight excluding hydrogens is 222 g/mol. The molecule has 2 aliphatic rings. The lowest BCUT2D eigenvalue weighted by Crippen LogP contribution is -2.48. The Labute approximate surface area is 113 Å². The number of hydrogen-bond acceptors (Lipinski definition) is 2. The average molecular weight is 253 g/mol. The molecule has 0 aromatic heterocycles. The third-order valence-corrected chi connectivity index (χ3v) is 5.16. The summed E-state index contributed by atoms with van der Waals surface area (Å²) in [6, 6.07) is 1.20. The van der Waals surface area contributed by atoms with E-state index in [1.165, 1.54) is 45.1 Å². The van der Waals surface area contributed by atoms with E-state index in [2.05, 4.69) is 18.7 Å². The molecule has 2 fully saturated rings. The highest BCUT2D eigenvalue weighted by atomic mass is 16.3. The van der Waals surface area contributed by atoms with Crippen molar-refractivity contribution in [1.29, 1.82) is 0 Å². The molecule has 0 radical (unpaired) electrons. The molecule has 2 rings (SSSR count). The fourth-order valence-corrected chi connectivity index (χ4v) is 4.29. The summed E-state index contributed by atoms with van der Waals surface area (Å²) in [4.78, 5) is 2.68. The Kier molecular flexibility index (Phi) is 5.50. The van der Waals surface area contributed by atoms with Crippen LogP contribution in [-0.2, 0) is 0 Å². The van der Waals surface area contributed by atoms with E-state index in [0.717, 1.165) is 31.2 Å². The number of aliphatic hydroxyl groups excluding tert-OH is 1. The Balaban J connectivity index is 1.99. The minimum absolute atomic E-state index is 0.109. The molecule has 0 aromatic rings. The lowest BCUT2D eigenvalue weighted by Gasteiger charge is -2.38. The molecule has 0 spiro atoms. The Morgan fingerprint density at radius 1 is 1.11 bits per heavy atom. The molecule has 0 bridgehead atoms. The maximum Gasteiger partial charge on any atom is 0.0695 e. The highest BCUT2D eigenvalue weighted by molar-refractivity contribution is 4.92. The molecule has 2 heteroatoms. The zero-order valence-corrected chi connectivity index (χ0v) is 12.3. The first-order valence-electron chi connectivity index (χ1n) is 8.21. The topological polar surface area (TPSA) is 23.5 Å². The van der Waals surface area contributed by atoms with Gasteiger partial charge in [0.15, 0.2) is 0 Å². The number of nitrogens with zero attached hydrogens (tertiary/aromatic N) is 1. The largest absolute Gasteiger partial charge is 0.391 e. The van der Waals surface area contributed by atoms with Gasteiger partial charge in [0.2, 0.25) is 0 Å². The molecular formula is C16H31NO. The fraction of sp³-hybridized carbons (Fsp3) is 1.00. The van der Waals surface area contributed by atoms with Crippen molar-refractivity contribution in [3.8, 4) is 0 Å². The van der Waals surface area contributed by atoms with Crippen LogP contribution < -0.4 is 0 Å². The van der Waals surface area contributed by atoms with Gasteiger partial charge in [0.05, 0.1) is 6.10 Å². The number of hydrogen-bond donors (Lipinski definition) is 1. The first kappa shape index (κ1) is 14.3. The molecule has 2 nitrogen and oxygen atoms in total. The normalized spacial score (nSPS) is 29.8. The molecule has 1 aliphatic carbocycles. The molecule has 1 saturated carbocycles. The molecule has 3 atom stereocenters. The molecule has 18 heavy (non-hydrogen) atoms. The van der Waals surface area contributed by atoms with Gasteiger partial charge in [-0.15, -0.1) is 0 Å². The average Bonchev–Trinajstić information content (AvgIpc) is 2.99. The van der Waals surface area contributed by atoms with E-state index < -0.39 is 0 Å². The van der Waals surface area contributed by atoms with Gasteiger partial charge in [-0.3, -0.25) is 4.90 Å². The minimum atomic E-state index is -0.109. The van der Waals surface area contributed by atoms with Gasteiger partial charge in [-0.05, 0) is 51.0 Å². The van der Waals surface area contributed by atoms with Gasteiger partial charge in [-0.1, -0.05) is 33.1 Å². The summed E-state index contributed by atoms with van der Waals surface area (Å²) in [6.07, 6.45) is 11.5. The summed E-state index contributed by atoms with van der Waals surface area (Å²) in [5, 5.41) is 10.4. The van der Waals surface area contributed by atoms with Crippen LogP contribution in [0, 0.1) is 5.92 Å². The molecule has 0 aromatic carbocycles. The van der Waals surface area contributed by atoms with Crippen molar-refractivity contribution in [3.63, 3.8) is 0 Å². The zero-order valence-electron chi connectivity index (χ0n) is 12.3. The van der Waals surface area contributed by atoms with E-state index >= 15 is 0 Å². The van der Waals surface area contributed by atoms with Gasteiger partial charge < -0.3 is 5.11 Å². The molecule has 0 amide bonds. The van der Waals surface area contributed by atoms with Gasteiger partial charge >= 0.3 is 0 Å². The Hall–Kier alpha value is -0.0800. The van der Waals surface area contributed by atoms with Crippen LogP contribution in [0.15, 0.2) is 0 Å². The molecule has 3 unspecified atom stereocenters. The Morgan fingerprint density at radius 3 is 2.44 bits per heavy atom. The van der Waals surface area contributed by atoms with Gasteiger partial charge in [-0.25, -0.2) is 0 Å². The smallest absolute Gasteiger partial charge is 0.0695 e. The molecule has 1 heterocycles. The number of aliphatic hydroxyl groups is 1. The molecule has 1 aliphatic heterocycles. The van der Waals surface area contributed by atoms with Crippen molar-refractivity contribution in [2.75, 3.05) is 6.54 Å². The van der Waals surface area contributed by atoms with Crippen molar-refractivity contribution in [1.82, 2.24) is 4.90 Å². The summed E-state index contributed by atoms with van der Waals surface area (Å²) in [5.74, 6) is 0.926. The highest BCUT2D eigenvalue weighted by Crippen LogP contribution is 2.37. The Morgan fingerprint density at radius 2 is 1.83 bits per heavy atom. The summed E-state index contributed by atoms with van der Waals surface area (Å²) >= 11 is 0. The quantitative estimate of drug-likeness (QED) is 0.782. The van der Waals surface area contributed by atoms with Gasteiger partial charge in [0, 0.05) is 12.1 Å². The second-order valence-corrected chi connectivity index (χ2v) is 6.32. The third-order valence-electron chi connectivity index (χ3n) is 5.16. The summed E-state index contributed by atoms with van der Waals surface area (Å²) in [5.41, 5.74) is 0. The predicted molar refractivity (Wildman–Crippen MR) is 76.7 cm³/mol. The van der Waals surface area contributed by atoms with Crippen LogP contribution in [0.25, 0.3) is 0 Å². The van der Waals surface area contributed by atoms with Crippen LogP contribution in [0.4, 0.5) is 0 Å². The van der Waals surface area contributed by atoms with E-state index in [9.17, 15) is 5.11 Å². The van der Waals surface area contributed by atoms with E-state index in [0.29, 0.717) is 6.04 Å². The van der Waals surface area contributed by atoms with Crippen molar-refractivity contribution in [3.05, 3.63) is 0 Å². The van der Waals surface area contributed by atoms with E-state index in [-0.39, 0.29) is 6.10 Å². The van der Waals surface area contributed by atoms with E-state index in [4.69, 9.17) is 0 Å². The van der Waals surface area contributed by atoms with Gasteiger partial charge in [-0.2, -0.15) is 0 Å². The van der Waals surface area contributed by atoms with Crippen molar-refractivity contribution in [2.24, 2.45) is 5.92 Å². The first-order valence-corrected chi connectivity index (χ1v) is 8.21. The monoisotopic (exact) mass is 253 g/mol. The van der Waals surface area contributed by atoms with Crippen LogP contribution >= 0.6 is 0 Å². The highest BCUT2D eigenvalue weighted by Gasteiger charge is 2.38.